The van der Waals surface area contributed by atoms with E-state index in [4.69, 9.17) is 4.42 Å². The summed E-state index contributed by atoms with van der Waals surface area (Å²) >= 11 is 1.85. The Balaban J connectivity index is 1.52. The monoisotopic (exact) mass is 364 g/mol. The van der Waals surface area contributed by atoms with Crippen LogP contribution in [0.1, 0.15) is 21.7 Å². The molecule has 26 heavy (non-hydrogen) atoms. The standard InChI is InChI=1S/C21H20N2O2S/c24-21(22-14-18-7-4-11-25-18)17-8-9-20-19(13-17)23(10-12-26-20)15-16-5-2-1-3-6-16/h1-9,11,13H,10,12,14-15H2,(H,22,24). The fraction of sp³-hybridized carbons (Fsp3) is 0.190. The number of hydrogen-bond donors (Lipinski definition) is 1. The highest BCUT2D eigenvalue weighted by atomic mass is 32.2. The third-order valence-electron chi connectivity index (χ3n) is 4.40. The topological polar surface area (TPSA) is 45.5 Å². The van der Waals surface area contributed by atoms with E-state index in [9.17, 15) is 4.79 Å². The van der Waals surface area contributed by atoms with Gasteiger partial charge < -0.3 is 14.6 Å². The normalized spacial score (nSPS) is 13.3. The molecule has 0 spiro atoms. The molecule has 0 saturated heterocycles. The lowest BCUT2D eigenvalue weighted by atomic mass is 10.1. The van der Waals surface area contributed by atoms with Gasteiger partial charge in [-0.3, -0.25) is 4.79 Å². The first-order chi connectivity index (χ1) is 12.8. The first-order valence-corrected chi connectivity index (χ1v) is 9.64. The largest absolute Gasteiger partial charge is 0.467 e. The zero-order valence-electron chi connectivity index (χ0n) is 14.4. The lowest BCUT2D eigenvalue weighted by molar-refractivity contribution is 0.0948. The van der Waals surface area contributed by atoms with Gasteiger partial charge in [0.1, 0.15) is 5.76 Å². The minimum absolute atomic E-state index is 0.0839. The van der Waals surface area contributed by atoms with Crippen molar-refractivity contribution in [2.45, 2.75) is 18.0 Å². The average Bonchev–Trinajstić information content (AvgIpc) is 3.20. The third kappa shape index (κ3) is 3.78. The number of thioether (sulfide) groups is 1. The maximum atomic E-state index is 12.5. The molecule has 1 aliphatic rings. The van der Waals surface area contributed by atoms with Crippen LogP contribution in [0.2, 0.25) is 0 Å². The Morgan fingerprint density at radius 1 is 1.12 bits per heavy atom. The van der Waals surface area contributed by atoms with Crippen molar-refractivity contribution in [2.75, 3.05) is 17.2 Å². The van der Waals surface area contributed by atoms with E-state index in [1.165, 1.54) is 10.5 Å². The number of fused-ring (bicyclic) bond motifs is 1. The number of carbonyl (C=O) groups excluding carboxylic acids is 1. The van der Waals surface area contributed by atoms with Gasteiger partial charge in [0.05, 0.1) is 18.5 Å². The zero-order chi connectivity index (χ0) is 17.8. The number of benzene rings is 2. The fourth-order valence-electron chi connectivity index (χ4n) is 3.06. The average molecular weight is 364 g/mol. The number of nitrogens with zero attached hydrogens (tertiary/aromatic N) is 1. The Bertz CT molecular complexity index is 878. The molecule has 0 unspecified atom stereocenters. The molecule has 1 N–H and O–H groups in total. The molecule has 0 saturated carbocycles. The number of rotatable bonds is 5. The Morgan fingerprint density at radius 2 is 2.00 bits per heavy atom. The zero-order valence-corrected chi connectivity index (χ0v) is 15.2. The highest BCUT2D eigenvalue weighted by Gasteiger charge is 2.19. The molecular formula is C21H20N2O2S. The molecule has 5 heteroatoms. The first-order valence-electron chi connectivity index (χ1n) is 8.66. The molecule has 0 aliphatic carbocycles. The fourth-order valence-corrected chi connectivity index (χ4v) is 4.10. The van der Waals surface area contributed by atoms with E-state index in [-0.39, 0.29) is 5.91 Å². The van der Waals surface area contributed by atoms with E-state index in [0.29, 0.717) is 12.1 Å². The Labute approximate surface area is 157 Å². The molecule has 4 nitrogen and oxygen atoms in total. The summed E-state index contributed by atoms with van der Waals surface area (Å²) in [5, 5.41) is 2.91. The lowest BCUT2D eigenvalue weighted by Gasteiger charge is -2.31. The van der Waals surface area contributed by atoms with Gasteiger partial charge in [0.15, 0.2) is 0 Å². The number of hydrogen-bond acceptors (Lipinski definition) is 4. The van der Waals surface area contributed by atoms with Gasteiger partial charge in [-0.15, -0.1) is 11.8 Å². The Morgan fingerprint density at radius 3 is 2.81 bits per heavy atom. The molecule has 0 fully saturated rings. The van der Waals surface area contributed by atoms with Crippen LogP contribution in [0.25, 0.3) is 0 Å². The van der Waals surface area contributed by atoms with Crippen LogP contribution in [0.15, 0.2) is 76.2 Å². The van der Waals surface area contributed by atoms with E-state index in [1.54, 1.807) is 6.26 Å². The summed E-state index contributed by atoms with van der Waals surface area (Å²) in [6.07, 6.45) is 1.61. The highest BCUT2D eigenvalue weighted by molar-refractivity contribution is 7.99. The van der Waals surface area contributed by atoms with Crippen molar-refractivity contribution < 1.29 is 9.21 Å². The van der Waals surface area contributed by atoms with Crippen LogP contribution in [-0.2, 0) is 13.1 Å². The second-order valence-electron chi connectivity index (χ2n) is 6.20. The molecule has 2 heterocycles. The molecule has 1 aromatic heterocycles. The Kier molecular flexibility index (Phi) is 4.97. The van der Waals surface area contributed by atoms with Crippen LogP contribution in [0.3, 0.4) is 0 Å². The highest BCUT2D eigenvalue weighted by Crippen LogP contribution is 2.36. The van der Waals surface area contributed by atoms with Crippen molar-refractivity contribution in [1.82, 2.24) is 5.32 Å². The van der Waals surface area contributed by atoms with Crippen LogP contribution < -0.4 is 10.2 Å². The van der Waals surface area contributed by atoms with E-state index in [0.717, 1.165) is 30.3 Å². The second-order valence-corrected chi connectivity index (χ2v) is 7.34. The summed E-state index contributed by atoms with van der Waals surface area (Å²) in [4.78, 5) is 16.1. The van der Waals surface area contributed by atoms with Crippen LogP contribution in [0.4, 0.5) is 5.69 Å². The Hall–Kier alpha value is -2.66. The molecule has 1 amide bonds. The summed E-state index contributed by atoms with van der Waals surface area (Å²) in [5.74, 6) is 1.72. The molecule has 2 aromatic carbocycles. The van der Waals surface area contributed by atoms with Crippen molar-refractivity contribution in [3.8, 4) is 0 Å². The maximum Gasteiger partial charge on any atom is 0.251 e. The summed E-state index contributed by atoms with van der Waals surface area (Å²) in [7, 11) is 0. The van der Waals surface area contributed by atoms with Crippen molar-refractivity contribution in [3.05, 3.63) is 83.8 Å². The predicted molar refractivity (Wildman–Crippen MR) is 105 cm³/mol. The predicted octanol–water partition coefficient (Wildman–Crippen LogP) is 4.32. The summed E-state index contributed by atoms with van der Waals surface area (Å²) in [6.45, 7) is 2.22. The van der Waals surface area contributed by atoms with Gasteiger partial charge in [0.25, 0.3) is 5.91 Å². The van der Waals surface area contributed by atoms with Gasteiger partial charge in [0, 0.05) is 29.3 Å². The number of nitrogens with one attached hydrogen (secondary N) is 1. The molecule has 4 rings (SSSR count). The summed E-state index contributed by atoms with van der Waals surface area (Å²) in [6, 6.07) is 20.1. The molecule has 132 valence electrons. The summed E-state index contributed by atoms with van der Waals surface area (Å²) in [5.41, 5.74) is 3.09. The number of carbonyl (C=O) groups is 1. The number of furan rings is 1. The molecule has 0 bridgehead atoms. The maximum absolute atomic E-state index is 12.5. The van der Waals surface area contributed by atoms with Crippen LogP contribution in [0.5, 0.6) is 0 Å². The lowest BCUT2D eigenvalue weighted by Crippen LogP contribution is -2.29. The minimum Gasteiger partial charge on any atom is -0.467 e. The van der Waals surface area contributed by atoms with Crippen molar-refractivity contribution in [2.24, 2.45) is 0 Å². The van der Waals surface area contributed by atoms with Crippen LogP contribution in [-0.4, -0.2) is 18.2 Å². The van der Waals surface area contributed by atoms with E-state index < -0.39 is 0 Å². The summed E-state index contributed by atoms with van der Waals surface area (Å²) < 4.78 is 5.27. The van der Waals surface area contributed by atoms with Crippen molar-refractivity contribution in [3.63, 3.8) is 0 Å². The SMILES string of the molecule is O=C(NCc1ccco1)c1ccc2c(c1)N(Cc1ccccc1)CCS2. The quantitative estimate of drug-likeness (QED) is 0.732. The van der Waals surface area contributed by atoms with Crippen LogP contribution >= 0.6 is 11.8 Å². The second kappa shape index (κ2) is 7.70. The van der Waals surface area contributed by atoms with Gasteiger partial charge in [-0.25, -0.2) is 0 Å². The van der Waals surface area contributed by atoms with Gasteiger partial charge in [-0.1, -0.05) is 30.3 Å². The van der Waals surface area contributed by atoms with E-state index in [1.807, 2.05) is 42.1 Å². The molecular weight excluding hydrogens is 344 g/mol. The number of anilines is 1. The van der Waals surface area contributed by atoms with Crippen molar-refractivity contribution in [1.29, 1.82) is 0 Å². The molecule has 0 atom stereocenters. The molecule has 1 aliphatic heterocycles. The first kappa shape index (κ1) is 16.8. The van der Waals surface area contributed by atoms with E-state index >= 15 is 0 Å². The van der Waals surface area contributed by atoms with Gasteiger partial charge in [-0.05, 0) is 35.9 Å². The third-order valence-corrected chi connectivity index (χ3v) is 5.44. The van der Waals surface area contributed by atoms with Crippen molar-refractivity contribution >= 4 is 23.4 Å². The molecule has 0 radical (unpaired) electrons. The minimum atomic E-state index is -0.0839. The van der Waals surface area contributed by atoms with Gasteiger partial charge in [0.2, 0.25) is 0 Å². The van der Waals surface area contributed by atoms with Crippen LogP contribution in [0, 0.1) is 0 Å². The van der Waals surface area contributed by atoms with Gasteiger partial charge in [-0.2, -0.15) is 0 Å². The van der Waals surface area contributed by atoms with Gasteiger partial charge >= 0.3 is 0 Å². The smallest absolute Gasteiger partial charge is 0.251 e. The molecule has 3 aromatic rings. The van der Waals surface area contributed by atoms with E-state index in [2.05, 4.69) is 40.5 Å². The number of amides is 1.